The van der Waals surface area contributed by atoms with Crippen LogP contribution < -0.4 is 15.8 Å². The first-order valence-electron chi connectivity index (χ1n) is 10.5. The number of carbonyl (C=O) groups is 1. The molecule has 4 N–H and O–H groups in total. The van der Waals surface area contributed by atoms with Crippen molar-refractivity contribution in [2.45, 2.75) is 25.9 Å². The molecule has 1 aromatic heterocycles. The summed E-state index contributed by atoms with van der Waals surface area (Å²) in [6.07, 6.45) is 2.39. The zero-order valence-corrected chi connectivity index (χ0v) is 18.5. The fourth-order valence-corrected chi connectivity index (χ4v) is 4.52. The number of phenols is 1. The molecule has 1 saturated heterocycles. The Morgan fingerprint density at radius 3 is 2.84 bits per heavy atom. The minimum Gasteiger partial charge on any atom is -0.505 e. The third kappa shape index (κ3) is 5.00. The first-order chi connectivity index (χ1) is 15.4. The maximum Gasteiger partial charge on any atom is 0.206 e. The van der Waals surface area contributed by atoms with Crippen molar-refractivity contribution >= 4 is 33.8 Å². The van der Waals surface area contributed by atoms with E-state index in [0.29, 0.717) is 5.13 Å². The smallest absolute Gasteiger partial charge is 0.206 e. The van der Waals surface area contributed by atoms with Crippen molar-refractivity contribution in [1.29, 1.82) is 0 Å². The molecule has 1 aliphatic rings. The molecule has 32 heavy (non-hydrogen) atoms. The lowest BCUT2D eigenvalue weighted by molar-refractivity contribution is 0.0920. The molecule has 9 heteroatoms. The Balaban J connectivity index is 1.41. The first-order valence-corrected chi connectivity index (χ1v) is 11.3. The predicted molar refractivity (Wildman–Crippen MR) is 124 cm³/mol. The van der Waals surface area contributed by atoms with E-state index in [4.69, 9.17) is 10.5 Å². The summed E-state index contributed by atoms with van der Waals surface area (Å²) in [6, 6.07) is 11.0. The number of ketones is 1. The van der Waals surface area contributed by atoms with Gasteiger partial charge in [0.15, 0.2) is 16.7 Å². The van der Waals surface area contributed by atoms with Crippen LogP contribution in [-0.4, -0.2) is 46.5 Å². The molecule has 4 rings (SSSR count). The van der Waals surface area contributed by atoms with Crippen molar-refractivity contribution < 1.29 is 19.0 Å². The van der Waals surface area contributed by atoms with Gasteiger partial charge in [-0.05, 0) is 68.4 Å². The molecule has 1 atom stereocenters. The van der Waals surface area contributed by atoms with Gasteiger partial charge in [-0.25, -0.2) is 9.37 Å². The monoisotopic (exact) mass is 456 g/mol. The maximum absolute atomic E-state index is 13.6. The van der Waals surface area contributed by atoms with E-state index >= 15 is 0 Å². The van der Waals surface area contributed by atoms with Crippen LogP contribution in [0.2, 0.25) is 0 Å². The van der Waals surface area contributed by atoms with Crippen LogP contribution in [0.25, 0.3) is 0 Å². The number of nitrogens with two attached hydrogens (primary N) is 1. The number of nitrogens with one attached hydrogen (secondary N) is 1. The number of ether oxygens (including phenoxy) is 1. The van der Waals surface area contributed by atoms with Gasteiger partial charge in [-0.1, -0.05) is 18.3 Å². The van der Waals surface area contributed by atoms with Crippen molar-refractivity contribution in [3.8, 4) is 11.5 Å². The minimum atomic E-state index is -0.866. The molecule has 0 aliphatic carbocycles. The molecule has 0 bridgehead atoms. The third-order valence-electron chi connectivity index (χ3n) is 5.39. The van der Waals surface area contributed by atoms with Gasteiger partial charge in [0.2, 0.25) is 5.78 Å². The summed E-state index contributed by atoms with van der Waals surface area (Å²) in [5.74, 6) is -0.963. The Labute approximate surface area is 189 Å². The Hall–Kier alpha value is -3.17. The number of likely N-dealkylation sites (tertiary alicyclic amines) is 1. The molecule has 1 fully saturated rings. The molecule has 0 saturated carbocycles. The van der Waals surface area contributed by atoms with E-state index in [1.807, 2.05) is 24.3 Å². The Kier molecular flexibility index (Phi) is 6.57. The lowest BCUT2D eigenvalue weighted by atomic mass is 10.1. The molecule has 7 nitrogen and oxygen atoms in total. The van der Waals surface area contributed by atoms with Crippen molar-refractivity contribution in [3.63, 3.8) is 0 Å². The van der Waals surface area contributed by atoms with Crippen LogP contribution in [0.5, 0.6) is 11.5 Å². The van der Waals surface area contributed by atoms with Gasteiger partial charge >= 0.3 is 0 Å². The SMILES string of the molecule is CCN1CCCC(Oc2ccc(Nc3nc(N)c(C(=O)c4ccc(O)c(F)c4)s3)cc2)C1. The molecule has 2 heterocycles. The van der Waals surface area contributed by atoms with E-state index in [-0.39, 0.29) is 22.4 Å². The van der Waals surface area contributed by atoms with Gasteiger partial charge in [0, 0.05) is 17.8 Å². The van der Waals surface area contributed by atoms with E-state index in [0.717, 1.165) is 67.4 Å². The molecule has 1 aliphatic heterocycles. The van der Waals surface area contributed by atoms with E-state index < -0.39 is 17.3 Å². The second kappa shape index (κ2) is 9.54. The van der Waals surface area contributed by atoms with Gasteiger partial charge in [0.25, 0.3) is 0 Å². The van der Waals surface area contributed by atoms with Gasteiger partial charge in [0.05, 0.1) is 0 Å². The number of piperidine rings is 1. The summed E-state index contributed by atoms with van der Waals surface area (Å²) in [4.78, 5) is 19.5. The van der Waals surface area contributed by atoms with Gasteiger partial charge in [0.1, 0.15) is 22.5 Å². The van der Waals surface area contributed by atoms with Crippen molar-refractivity contribution in [2.24, 2.45) is 0 Å². The molecular formula is C23H25FN4O3S. The quantitative estimate of drug-likeness (QED) is 0.453. The summed E-state index contributed by atoms with van der Waals surface area (Å²) < 4.78 is 19.7. The highest BCUT2D eigenvalue weighted by molar-refractivity contribution is 7.18. The maximum atomic E-state index is 13.6. The summed E-state index contributed by atoms with van der Waals surface area (Å²) in [7, 11) is 0. The lowest BCUT2D eigenvalue weighted by Crippen LogP contribution is -2.40. The van der Waals surface area contributed by atoms with Crippen LogP contribution in [0.1, 0.15) is 35.0 Å². The fourth-order valence-electron chi connectivity index (χ4n) is 3.66. The largest absolute Gasteiger partial charge is 0.505 e. The number of rotatable bonds is 7. The standard InChI is InChI=1S/C23H25FN4O3S/c1-2-28-11-3-4-17(13-28)31-16-8-6-15(7-9-16)26-23-27-22(25)21(32-23)20(30)14-5-10-19(29)18(24)12-14/h5-10,12,17,29H,2-4,11,13,25H2,1H3,(H,26,27). The number of halogens is 1. The Morgan fingerprint density at radius 2 is 2.12 bits per heavy atom. The predicted octanol–water partition coefficient (Wildman–Crippen LogP) is 4.41. The van der Waals surface area contributed by atoms with Crippen LogP contribution in [0, 0.1) is 5.82 Å². The minimum absolute atomic E-state index is 0.0636. The molecule has 3 aromatic rings. The average molecular weight is 457 g/mol. The normalized spacial score (nSPS) is 16.6. The lowest BCUT2D eigenvalue weighted by Gasteiger charge is -2.32. The fraction of sp³-hybridized carbons (Fsp3) is 0.304. The van der Waals surface area contributed by atoms with Gasteiger partial charge in [-0.2, -0.15) is 0 Å². The van der Waals surface area contributed by atoms with Crippen LogP contribution in [0.15, 0.2) is 42.5 Å². The molecule has 0 radical (unpaired) electrons. The molecule has 168 valence electrons. The van der Waals surface area contributed by atoms with E-state index in [1.54, 1.807) is 0 Å². The highest BCUT2D eigenvalue weighted by atomic mass is 32.1. The van der Waals surface area contributed by atoms with Crippen LogP contribution in [0.4, 0.5) is 21.0 Å². The Morgan fingerprint density at radius 1 is 1.34 bits per heavy atom. The van der Waals surface area contributed by atoms with Crippen molar-refractivity contribution in [3.05, 3.63) is 58.7 Å². The third-order valence-corrected chi connectivity index (χ3v) is 6.37. The zero-order chi connectivity index (χ0) is 22.7. The number of anilines is 3. The summed E-state index contributed by atoms with van der Waals surface area (Å²) in [5, 5.41) is 12.9. The molecule has 1 unspecified atom stereocenters. The van der Waals surface area contributed by atoms with Crippen LogP contribution in [-0.2, 0) is 0 Å². The second-order valence-electron chi connectivity index (χ2n) is 7.65. The highest BCUT2D eigenvalue weighted by Crippen LogP contribution is 2.31. The number of phenolic OH excluding ortho intramolecular Hbond substituents is 1. The number of aromatic nitrogens is 1. The Bertz CT molecular complexity index is 1100. The number of thiazole rings is 1. The number of benzene rings is 2. The average Bonchev–Trinajstić information content (AvgIpc) is 3.16. The first kappa shape index (κ1) is 22.0. The second-order valence-corrected chi connectivity index (χ2v) is 8.65. The zero-order valence-electron chi connectivity index (χ0n) is 17.7. The molecule has 0 amide bonds. The number of nitrogen functional groups attached to an aromatic ring is 1. The highest BCUT2D eigenvalue weighted by Gasteiger charge is 2.21. The number of nitrogens with zero attached hydrogens (tertiary/aromatic N) is 2. The van der Waals surface area contributed by atoms with E-state index in [2.05, 4.69) is 22.1 Å². The molecule has 0 spiro atoms. The number of carbonyl (C=O) groups excluding carboxylic acids is 1. The van der Waals surface area contributed by atoms with Gasteiger partial charge in [-0.15, -0.1) is 0 Å². The van der Waals surface area contributed by atoms with Crippen molar-refractivity contribution in [1.82, 2.24) is 9.88 Å². The number of likely N-dealkylation sites (N-methyl/N-ethyl adjacent to an activating group) is 1. The van der Waals surface area contributed by atoms with Crippen molar-refractivity contribution in [2.75, 3.05) is 30.7 Å². The summed E-state index contributed by atoms with van der Waals surface area (Å²) in [5.41, 5.74) is 6.79. The van der Waals surface area contributed by atoms with Crippen LogP contribution >= 0.6 is 11.3 Å². The molecule has 2 aromatic carbocycles. The van der Waals surface area contributed by atoms with Gasteiger partial charge in [-0.3, -0.25) is 9.69 Å². The molecular weight excluding hydrogens is 431 g/mol. The number of hydrogen-bond acceptors (Lipinski definition) is 8. The van der Waals surface area contributed by atoms with E-state index in [9.17, 15) is 14.3 Å². The summed E-state index contributed by atoms with van der Waals surface area (Å²) >= 11 is 1.08. The van der Waals surface area contributed by atoms with Gasteiger partial charge < -0.3 is 20.9 Å². The van der Waals surface area contributed by atoms with Crippen LogP contribution in [0.3, 0.4) is 0 Å². The number of hydrogen-bond donors (Lipinski definition) is 3. The van der Waals surface area contributed by atoms with E-state index in [1.165, 1.54) is 6.07 Å². The summed E-state index contributed by atoms with van der Waals surface area (Å²) in [6.45, 7) is 5.26. The number of aromatic hydroxyl groups is 1. The topological polar surface area (TPSA) is 101 Å².